The van der Waals surface area contributed by atoms with E-state index in [9.17, 15) is 4.79 Å². The van der Waals surface area contributed by atoms with Gasteiger partial charge in [-0.1, -0.05) is 6.07 Å². The van der Waals surface area contributed by atoms with Crippen LogP contribution in [0.4, 0.5) is 0 Å². The highest BCUT2D eigenvalue weighted by atomic mass is 16.7. The Balaban J connectivity index is 1.27. The molecule has 4 aliphatic heterocycles. The van der Waals surface area contributed by atoms with Crippen LogP contribution in [-0.2, 0) is 17.8 Å². The zero-order valence-corrected chi connectivity index (χ0v) is 16.2. The molecule has 0 radical (unpaired) electrons. The van der Waals surface area contributed by atoms with Crippen LogP contribution < -0.4 is 9.47 Å². The molecule has 2 bridgehead atoms. The van der Waals surface area contributed by atoms with Gasteiger partial charge >= 0.3 is 0 Å². The first-order valence-electron chi connectivity index (χ1n) is 10.0. The minimum atomic E-state index is 0.214. The van der Waals surface area contributed by atoms with E-state index in [4.69, 9.17) is 9.47 Å². The van der Waals surface area contributed by atoms with Crippen molar-refractivity contribution >= 4 is 5.91 Å². The number of carbonyl (C=O) groups excluding carboxylic acids is 1. The highest BCUT2D eigenvalue weighted by Gasteiger charge is 2.37. The summed E-state index contributed by atoms with van der Waals surface area (Å²) in [5, 5.41) is 0. The van der Waals surface area contributed by atoms with Gasteiger partial charge in [0, 0.05) is 37.9 Å². The molecule has 5 heterocycles. The number of piperidine rings is 1. The molecule has 3 saturated heterocycles. The first-order valence-corrected chi connectivity index (χ1v) is 10.0. The van der Waals surface area contributed by atoms with Crippen molar-refractivity contribution in [3.63, 3.8) is 0 Å². The van der Waals surface area contributed by atoms with Crippen molar-refractivity contribution in [2.75, 3.05) is 26.4 Å². The van der Waals surface area contributed by atoms with Crippen LogP contribution in [0.5, 0.6) is 11.5 Å². The van der Waals surface area contributed by atoms with Gasteiger partial charge in [0.2, 0.25) is 12.7 Å². The summed E-state index contributed by atoms with van der Waals surface area (Å²) in [7, 11) is 0. The summed E-state index contributed by atoms with van der Waals surface area (Å²) in [6.45, 7) is 6.01. The van der Waals surface area contributed by atoms with Gasteiger partial charge in [0.25, 0.3) is 0 Å². The fourth-order valence-corrected chi connectivity index (χ4v) is 4.70. The number of aromatic nitrogens is 2. The van der Waals surface area contributed by atoms with E-state index in [1.54, 1.807) is 6.33 Å². The average Bonchev–Trinajstić information content (AvgIpc) is 3.21. The van der Waals surface area contributed by atoms with Crippen LogP contribution in [0.25, 0.3) is 0 Å². The van der Waals surface area contributed by atoms with Gasteiger partial charge in [-0.05, 0) is 43.4 Å². The summed E-state index contributed by atoms with van der Waals surface area (Å²) in [6.07, 6.45) is 4.47. The lowest BCUT2D eigenvalue weighted by Gasteiger charge is -2.36. The predicted molar refractivity (Wildman–Crippen MR) is 103 cm³/mol. The normalized spacial score (nSPS) is 23.8. The highest BCUT2D eigenvalue weighted by Crippen LogP contribution is 2.33. The van der Waals surface area contributed by atoms with Gasteiger partial charge < -0.3 is 19.4 Å². The zero-order valence-electron chi connectivity index (χ0n) is 16.2. The van der Waals surface area contributed by atoms with Crippen LogP contribution in [0.15, 0.2) is 24.5 Å². The van der Waals surface area contributed by atoms with Crippen molar-refractivity contribution in [2.45, 2.75) is 38.8 Å². The zero-order chi connectivity index (χ0) is 19.1. The third kappa shape index (κ3) is 3.35. The smallest absolute Gasteiger partial charge is 0.231 e. The molecular weight excluding hydrogens is 356 g/mol. The topological polar surface area (TPSA) is 70.7 Å². The number of benzene rings is 1. The number of H-pyrrole nitrogens is 1. The number of carbonyl (C=O) groups is 1. The van der Waals surface area contributed by atoms with E-state index in [1.165, 1.54) is 6.42 Å². The third-order valence-electron chi connectivity index (χ3n) is 6.21. The molecule has 7 heteroatoms. The van der Waals surface area contributed by atoms with Gasteiger partial charge in [0.15, 0.2) is 11.5 Å². The minimum absolute atomic E-state index is 0.214. The molecule has 1 aromatic heterocycles. The van der Waals surface area contributed by atoms with Gasteiger partial charge in [0.05, 0.1) is 18.4 Å². The number of ether oxygens (including phenoxy) is 2. The molecule has 0 unspecified atom stereocenters. The van der Waals surface area contributed by atoms with Crippen LogP contribution in [0, 0.1) is 12.8 Å². The van der Waals surface area contributed by atoms with Crippen LogP contribution in [0.1, 0.15) is 29.8 Å². The summed E-state index contributed by atoms with van der Waals surface area (Å²) in [5.74, 6) is 2.25. The number of nitrogens with zero attached hydrogens (tertiary/aromatic N) is 3. The lowest BCUT2D eigenvalue weighted by atomic mass is 9.94. The lowest BCUT2D eigenvalue weighted by Crippen LogP contribution is -2.48. The summed E-state index contributed by atoms with van der Waals surface area (Å²) in [6, 6.07) is 6.09. The number of fused-ring (bicyclic) bond motifs is 5. The number of aryl methyl sites for hydroxylation is 1. The van der Waals surface area contributed by atoms with E-state index in [0.717, 1.165) is 61.1 Å². The van der Waals surface area contributed by atoms with Crippen molar-refractivity contribution in [3.8, 4) is 11.5 Å². The standard InChI is InChI=1S/C21H26N4O3/c1-14-18(23-12-22-14)11-24-8-16-2-4-17(10-24)25(9-16)21(26)7-15-3-5-19-20(6-15)28-13-27-19/h3,5-6,12,16-17H,2,4,7-11,13H2,1H3,(H,22,23)/t16-,17+/m0/s1. The van der Waals surface area contributed by atoms with Gasteiger partial charge in [-0.25, -0.2) is 4.98 Å². The summed E-state index contributed by atoms with van der Waals surface area (Å²) < 4.78 is 10.8. The van der Waals surface area contributed by atoms with E-state index >= 15 is 0 Å². The van der Waals surface area contributed by atoms with Crippen LogP contribution in [0.3, 0.4) is 0 Å². The van der Waals surface area contributed by atoms with Crippen molar-refractivity contribution in [2.24, 2.45) is 5.92 Å². The maximum absolute atomic E-state index is 13.1. The van der Waals surface area contributed by atoms with Crippen molar-refractivity contribution in [3.05, 3.63) is 41.5 Å². The first-order chi connectivity index (χ1) is 13.7. The van der Waals surface area contributed by atoms with Crippen LogP contribution in [0.2, 0.25) is 0 Å². The maximum Gasteiger partial charge on any atom is 0.231 e. The molecule has 148 valence electrons. The molecule has 28 heavy (non-hydrogen) atoms. The number of nitrogens with one attached hydrogen (secondary N) is 1. The Morgan fingerprint density at radius 2 is 2.11 bits per heavy atom. The highest BCUT2D eigenvalue weighted by molar-refractivity contribution is 5.79. The fourth-order valence-electron chi connectivity index (χ4n) is 4.70. The second-order valence-electron chi connectivity index (χ2n) is 8.18. The van der Waals surface area contributed by atoms with Gasteiger partial charge in [-0.3, -0.25) is 9.69 Å². The van der Waals surface area contributed by atoms with Crippen molar-refractivity contribution in [1.29, 1.82) is 0 Å². The molecule has 2 atom stereocenters. The molecule has 0 aliphatic carbocycles. The van der Waals surface area contributed by atoms with Gasteiger partial charge in [0.1, 0.15) is 0 Å². The molecule has 6 rings (SSSR count). The predicted octanol–water partition coefficient (Wildman–Crippen LogP) is 2.11. The second-order valence-corrected chi connectivity index (χ2v) is 8.18. The van der Waals surface area contributed by atoms with E-state index < -0.39 is 0 Å². The summed E-state index contributed by atoms with van der Waals surface area (Å²) in [5.41, 5.74) is 3.23. The van der Waals surface area contributed by atoms with E-state index in [2.05, 4.69) is 26.7 Å². The Bertz CT molecular complexity index is 880. The van der Waals surface area contributed by atoms with Crippen LogP contribution >= 0.6 is 0 Å². The molecular formula is C21H26N4O3. The molecule has 1 N–H and O–H groups in total. The largest absolute Gasteiger partial charge is 0.454 e. The Morgan fingerprint density at radius 3 is 2.96 bits per heavy atom. The SMILES string of the molecule is Cc1[nH]cnc1CN1C[C@@H]2CC[C@H](C1)N(C(=O)Cc1ccc3c(c1)OCO3)C2. The molecule has 3 fully saturated rings. The first kappa shape index (κ1) is 17.6. The molecule has 1 aromatic carbocycles. The Labute approximate surface area is 164 Å². The van der Waals surface area contributed by atoms with Crippen molar-refractivity contribution < 1.29 is 14.3 Å². The van der Waals surface area contributed by atoms with E-state index in [0.29, 0.717) is 18.4 Å². The number of hydrogen-bond acceptors (Lipinski definition) is 5. The Hall–Kier alpha value is -2.54. The maximum atomic E-state index is 13.1. The Morgan fingerprint density at radius 1 is 1.21 bits per heavy atom. The molecule has 0 saturated carbocycles. The summed E-state index contributed by atoms with van der Waals surface area (Å²) in [4.78, 5) is 25.3. The number of amides is 1. The monoisotopic (exact) mass is 382 g/mol. The molecule has 1 amide bonds. The number of hydrogen-bond donors (Lipinski definition) is 1. The van der Waals surface area contributed by atoms with Gasteiger partial charge in [-0.15, -0.1) is 0 Å². The molecule has 2 aromatic rings. The molecule has 4 aliphatic rings. The number of rotatable bonds is 4. The number of imidazole rings is 1. The van der Waals surface area contributed by atoms with E-state index in [-0.39, 0.29) is 12.7 Å². The lowest BCUT2D eigenvalue weighted by molar-refractivity contribution is -0.134. The quantitative estimate of drug-likeness (QED) is 0.877. The van der Waals surface area contributed by atoms with Crippen molar-refractivity contribution in [1.82, 2.24) is 19.8 Å². The average molecular weight is 382 g/mol. The molecule has 7 nitrogen and oxygen atoms in total. The third-order valence-corrected chi connectivity index (χ3v) is 6.21. The Kier molecular flexibility index (Phi) is 4.47. The molecule has 0 spiro atoms. The summed E-state index contributed by atoms with van der Waals surface area (Å²) >= 11 is 0. The number of aromatic amines is 1. The van der Waals surface area contributed by atoms with E-state index in [1.807, 2.05) is 18.2 Å². The minimum Gasteiger partial charge on any atom is -0.454 e. The van der Waals surface area contributed by atoms with Crippen LogP contribution in [-0.4, -0.2) is 58.1 Å². The second kappa shape index (κ2) is 7.13. The fraction of sp³-hybridized carbons (Fsp3) is 0.524. The van der Waals surface area contributed by atoms with Gasteiger partial charge in [-0.2, -0.15) is 0 Å².